The van der Waals surface area contributed by atoms with E-state index in [-0.39, 0.29) is 5.97 Å². The zero-order valence-corrected chi connectivity index (χ0v) is 19.9. The molecule has 0 radical (unpaired) electrons. The van der Waals surface area contributed by atoms with Gasteiger partial charge in [0.15, 0.2) is 0 Å². The highest BCUT2D eigenvalue weighted by Gasteiger charge is 2.09. The summed E-state index contributed by atoms with van der Waals surface area (Å²) in [5.41, 5.74) is 1.57. The third-order valence-corrected chi connectivity index (χ3v) is 4.91. The van der Waals surface area contributed by atoms with E-state index in [2.05, 4.69) is 26.5 Å². The van der Waals surface area contributed by atoms with Crippen molar-refractivity contribution in [1.29, 1.82) is 0 Å². The fraction of sp³-hybridized carbons (Fsp3) is 0.345. The third-order valence-electron chi connectivity index (χ3n) is 4.91. The van der Waals surface area contributed by atoms with Crippen LogP contribution in [-0.4, -0.2) is 19.2 Å². The predicted molar refractivity (Wildman–Crippen MR) is 136 cm³/mol. The van der Waals surface area contributed by atoms with E-state index in [0.717, 1.165) is 62.2 Å². The minimum atomic E-state index is -0.381. The fourth-order valence-corrected chi connectivity index (χ4v) is 3.09. The van der Waals surface area contributed by atoms with Gasteiger partial charge < -0.3 is 14.2 Å². The van der Waals surface area contributed by atoms with Crippen molar-refractivity contribution in [3.05, 3.63) is 90.2 Å². The van der Waals surface area contributed by atoms with E-state index in [1.165, 1.54) is 0 Å². The average molecular weight is 449 g/mol. The maximum Gasteiger partial charge on any atom is 0.343 e. The van der Waals surface area contributed by atoms with Gasteiger partial charge in [0.05, 0.1) is 18.8 Å². The van der Waals surface area contributed by atoms with Crippen LogP contribution < -0.4 is 9.47 Å². The highest BCUT2D eigenvalue weighted by Crippen LogP contribution is 2.18. The van der Waals surface area contributed by atoms with Gasteiger partial charge in [0.25, 0.3) is 0 Å². The first-order chi connectivity index (χ1) is 16.2. The number of hydrogen-bond acceptors (Lipinski definition) is 4. The molecule has 176 valence electrons. The molecule has 0 aliphatic heterocycles. The van der Waals surface area contributed by atoms with E-state index in [1.807, 2.05) is 24.3 Å². The van der Waals surface area contributed by atoms with Gasteiger partial charge in [-0.15, -0.1) is 0 Å². The number of carbonyl (C=O) groups excluding carboxylic acids is 1. The van der Waals surface area contributed by atoms with Crippen molar-refractivity contribution in [1.82, 2.24) is 0 Å². The Bertz CT molecular complexity index is 892. The molecule has 2 aromatic rings. The minimum Gasteiger partial charge on any atom is -0.494 e. The average Bonchev–Trinajstić information content (AvgIpc) is 2.84. The van der Waals surface area contributed by atoms with E-state index in [0.29, 0.717) is 17.9 Å². The molecule has 33 heavy (non-hydrogen) atoms. The number of carbonyl (C=O) groups is 1. The van der Waals surface area contributed by atoms with Crippen molar-refractivity contribution in [3.8, 4) is 11.5 Å². The van der Waals surface area contributed by atoms with Crippen molar-refractivity contribution >= 4 is 12.0 Å². The summed E-state index contributed by atoms with van der Waals surface area (Å²) in [5.74, 6) is 1.77. The molecule has 2 aromatic carbocycles. The Morgan fingerprint density at radius 3 is 2.15 bits per heavy atom. The van der Waals surface area contributed by atoms with Crippen LogP contribution in [0.25, 0.3) is 6.08 Å². The van der Waals surface area contributed by atoms with Gasteiger partial charge in [0.1, 0.15) is 17.3 Å². The summed E-state index contributed by atoms with van der Waals surface area (Å²) in [6.45, 7) is 9.30. The molecule has 0 atom stereocenters. The molecular weight excluding hydrogens is 412 g/mol. The summed E-state index contributed by atoms with van der Waals surface area (Å²) >= 11 is 0. The van der Waals surface area contributed by atoms with Crippen molar-refractivity contribution < 1.29 is 19.0 Å². The van der Waals surface area contributed by atoms with Crippen LogP contribution in [0.1, 0.15) is 68.3 Å². The van der Waals surface area contributed by atoms with E-state index < -0.39 is 0 Å². The molecule has 0 bridgehead atoms. The second kappa shape index (κ2) is 15.5. The molecular formula is C29H36O4. The summed E-state index contributed by atoms with van der Waals surface area (Å²) in [5, 5.41) is 0. The quantitative estimate of drug-likeness (QED) is 0.0918. The molecule has 0 amide bonds. The molecule has 4 heteroatoms. The topological polar surface area (TPSA) is 44.8 Å². The van der Waals surface area contributed by atoms with Crippen LogP contribution in [0.3, 0.4) is 0 Å². The van der Waals surface area contributed by atoms with E-state index in [9.17, 15) is 4.79 Å². The largest absolute Gasteiger partial charge is 0.494 e. The second-order valence-electron chi connectivity index (χ2n) is 7.62. The van der Waals surface area contributed by atoms with Gasteiger partial charge >= 0.3 is 5.97 Å². The van der Waals surface area contributed by atoms with E-state index in [1.54, 1.807) is 42.5 Å². The number of esters is 1. The van der Waals surface area contributed by atoms with Gasteiger partial charge in [0.2, 0.25) is 0 Å². The second-order valence-corrected chi connectivity index (χ2v) is 7.62. The Hall–Kier alpha value is -3.27. The van der Waals surface area contributed by atoms with Crippen molar-refractivity contribution in [2.24, 2.45) is 0 Å². The van der Waals surface area contributed by atoms with Crippen molar-refractivity contribution in [2.45, 2.75) is 52.4 Å². The van der Waals surface area contributed by atoms with Gasteiger partial charge in [-0.3, -0.25) is 0 Å². The number of allylic oxidation sites excluding steroid dienone is 3. The van der Waals surface area contributed by atoms with Crippen LogP contribution in [0, 0.1) is 0 Å². The molecule has 0 N–H and O–H groups in total. The smallest absolute Gasteiger partial charge is 0.343 e. The number of hydrogen-bond donors (Lipinski definition) is 0. The number of ether oxygens (including phenoxy) is 3. The lowest BCUT2D eigenvalue weighted by molar-refractivity contribution is 0.0734. The molecule has 0 saturated heterocycles. The SMILES string of the molecule is C=C/C(=C\CC)OCCCCCCOc1ccc(C(=O)Oc2ccc(/C=C/CC)cc2)cc1. The van der Waals surface area contributed by atoms with E-state index in [4.69, 9.17) is 14.2 Å². The normalized spacial score (nSPS) is 11.4. The van der Waals surface area contributed by atoms with Crippen molar-refractivity contribution in [3.63, 3.8) is 0 Å². The van der Waals surface area contributed by atoms with Crippen molar-refractivity contribution in [2.75, 3.05) is 13.2 Å². The maximum atomic E-state index is 12.4. The molecule has 0 saturated carbocycles. The lowest BCUT2D eigenvalue weighted by atomic mass is 10.2. The Morgan fingerprint density at radius 1 is 0.848 bits per heavy atom. The monoisotopic (exact) mass is 448 g/mol. The zero-order chi connectivity index (χ0) is 23.7. The Balaban J connectivity index is 1.65. The molecule has 0 aliphatic carbocycles. The van der Waals surface area contributed by atoms with Crippen LogP contribution in [0.4, 0.5) is 0 Å². The van der Waals surface area contributed by atoms with Gasteiger partial charge in [-0.25, -0.2) is 4.79 Å². The number of unbranched alkanes of at least 4 members (excludes halogenated alkanes) is 3. The predicted octanol–water partition coefficient (Wildman–Crippen LogP) is 7.76. The van der Waals surface area contributed by atoms with Crippen LogP contribution >= 0.6 is 0 Å². The van der Waals surface area contributed by atoms with Crippen LogP contribution in [0.5, 0.6) is 11.5 Å². The summed E-state index contributed by atoms with van der Waals surface area (Å²) in [6, 6.07) is 14.5. The molecule has 0 heterocycles. The standard InChI is InChI=1S/C29H36O4/c1-4-7-13-24-14-18-28(19-15-24)33-29(30)25-16-20-27(21-17-25)32-23-11-9-8-10-22-31-26(6-3)12-5-2/h6-7,12-21H,3-5,8-11,22-23H2,1-2H3/b13-7+,26-12+. The summed E-state index contributed by atoms with van der Waals surface area (Å²) in [7, 11) is 0. The molecule has 0 aromatic heterocycles. The first kappa shape index (κ1) is 26.0. The first-order valence-electron chi connectivity index (χ1n) is 11.8. The Morgan fingerprint density at radius 2 is 1.52 bits per heavy atom. The Labute approximate surface area is 198 Å². The number of rotatable bonds is 15. The molecule has 4 nitrogen and oxygen atoms in total. The van der Waals surface area contributed by atoms with Gasteiger partial charge in [-0.2, -0.15) is 0 Å². The van der Waals surface area contributed by atoms with Crippen LogP contribution in [-0.2, 0) is 4.74 Å². The summed E-state index contributed by atoms with van der Waals surface area (Å²) in [6.07, 6.45) is 14.0. The van der Waals surface area contributed by atoms with Gasteiger partial charge in [-0.1, -0.05) is 44.7 Å². The molecule has 2 rings (SSSR count). The fourth-order valence-electron chi connectivity index (χ4n) is 3.09. The summed E-state index contributed by atoms with van der Waals surface area (Å²) < 4.78 is 16.9. The summed E-state index contributed by atoms with van der Waals surface area (Å²) in [4.78, 5) is 12.4. The lowest BCUT2D eigenvalue weighted by Gasteiger charge is -2.08. The highest BCUT2D eigenvalue weighted by atomic mass is 16.5. The van der Waals surface area contributed by atoms with Gasteiger partial charge in [0, 0.05) is 0 Å². The first-order valence-corrected chi connectivity index (χ1v) is 11.8. The van der Waals surface area contributed by atoms with Crippen LogP contribution in [0.2, 0.25) is 0 Å². The Kier molecular flexibility index (Phi) is 12.2. The van der Waals surface area contributed by atoms with E-state index >= 15 is 0 Å². The maximum absolute atomic E-state index is 12.4. The molecule has 0 aliphatic rings. The lowest BCUT2D eigenvalue weighted by Crippen LogP contribution is -2.08. The number of benzene rings is 2. The molecule has 0 unspecified atom stereocenters. The minimum absolute atomic E-state index is 0.381. The molecule has 0 spiro atoms. The third kappa shape index (κ3) is 10.3. The van der Waals surface area contributed by atoms with Crippen LogP contribution in [0.15, 0.2) is 79.1 Å². The zero-order valence-electron chi connectivity index (χ0n) is 19.9. The van der Waals surface area contributed by atoms with Gasteiger partial charge in [-0.05, 0) is 92.6 Å². The molecule has 0 fully saturated rings. The highest BCUT2D eigenvalue weighted by molar-refractivity contribution is 5.91.